The number of ether oxygens (including phenoxy) is 1. The van der Waals surface area contributed by atoms with Crippen molar-refractivity contribution in [3.05, 3.63) is 34.3 Å². The Hall–Kier alpha value is -2.53. The van der Waals surface area contributed by atoms with Gasteiger partial charge in [-0.3, -0.25) is 0 Å². The Bertz CT molecular complexity index is 1200. The Morgan fingerprint density at radius 3 is 2.87 bits per heavy atom. The first kappa shape index (κ1) is 19.4. The van der Waals surface area contributed by atoms with Gasteiger partial charge in [-0.25, -0.2) is 27.6 Å². The van der Waals surface area contributed by atoms with Crippen molar-refractivity contribution in [3.8, 4) is 5.88 Å². The van der Waals surface area contributed by atoms with Gasteiger partial charge in [0.1, 0.15) is 23.0 Å². The number of carbonyl (C=O) groups excluding carboxylic acids is 1. The van der Waals surface area contributed by atoms with Crippen LogP contribution in [0.15, 0.2) is 15.5 Å². The third-order valence-corrected chi connectivity index (χ3v) is 7.18. The zero-order valence-corrected chi connectivity index (χ0v) is 17.1. The van der Waals surface area contributed by atoms with Crippen molar-refractivity contribution in [2.45, 2.75) is 62.7 Å². The van der Waals surface area contributed by atoms with Gasteiger partial charge in [0.2, 0.25) is 5.88 Å². The second-order valence-corrected chi connectivity index (χ2v) is 9.74. The first-order chi connectivity index (χ1) is 14.2. The maximum absolute atomic E-state index is 14.8. The van der Waals surface area contributed by atoms with Crippen molar-refractivity contribution in [3.63, 3.8) is 0 Å². The predicted molar refractivity (Wildman–Crippen MR) is 105 cm³/mol. The summed E-state index contributed by atoms with van der Waals surface area (Å²) in [7, 11) is -3.63. The third-order valence-electron chi connectivity index (χ3n) is 5.83. The number of aromatic nitrogens is 2. The van der Waals surface area contributed by atoms with E-state index in [1.54, 1.807) is 0 Å². The summed E-state index contributed by atoms with van der Waals surface area (Å²) in [6, 6.07) is -0.932. The topological polar surface area (TPSA) is 112 Å². The fourth-order valence-electron chi connectivity index (χ4n) is 4.59. The van der Waals surface area contributed by atoms with Crippen LogP contribution in [0.1, 0.15) is 35.6 Å². The zero-order chi connectivity index (χ0) is 21.2. The second kappa shape index (κ2) is 6.74. The molecule has 3 N–H and O–H groups in total. The minimum absolute atomic E-state index is 0.0137. The fourth-order valence-corrected chi connectivity index (χ4v) is 5.59. The van der Waals surface area contributed by atoms with Gasteiger partial charge in [0.15, 0.2) is 9.92 Å². The minimum Gasteiger partial charge on any atom is -0.472 e. The van der Waals surface area contributed by atoms with Gasteiger partial charge < -0.3 is 10.1 Å². The first-order valence-corrected chi connectivity index (χ1v) is 11.4. The maximum atomic E-state index is 14.8. The van der Waals surface area contributed by atoms with Crippen LogP contribution in [0.2, 0.25) is 0 Å². The van der Waals surface area contributed by atoms with Gasteiger partial charge in [-0.15, -0.1) is 4.36 Å². The number of urea groups is 1. The lowest BCUT2D eigenvalue weighted by molar-refractivity contribution is 0.248. The lowest BCUT2D eigenvalue weighted by Gasteiger charge is -2.16. The molecule has 3 atom stereocenters. The van der Waals surface area contributed by atoms with Gasteiger partial charge in [-0.1, -0.05) is 0 Å². The van der Waals surface area contributed by atoms with Crippen LogP contribution in [0.25, 0.3) is 0 Å². The number of amides is 2. The number of hydrogen-bond donors (Lipinski definition) is 2. The van der Waals surface area contributed by atoms with Crippen LogP contribution < -0.4 is 15.2 Å². The number of nitrogens with one attached hydrogen (secondary N) is 1. The first-order valence-electron chi connectivity index (χ1n) is 9.82. The zero-order valence-electron chi connectivity index (χ0n) is 16.3. The van der Waals surface area contributed by atoms with E-state index in [0.717, 1.165) is 6.42 Å². The smallest absolute Gasteiger partial charge is 0.354 e. The van der Waals surface area contributed by atoms with E-state index in [9.17, 15) is 17.8 Å². The van der Waals surface area contributed by atoms with E-state index in [2.05, 4.69) is 14.8 Å². The van der Waals surface area contributed by atoms with Gasteiger partial charge in [0.25, 0.3) is 0 Å². The predicted octanol–water partition coefficient (Wildman–Crippen LogP) is 2.66. The summed E-state index contributed by atoms with van der Waals surface area (Å²) >= 11 is 0. The number of benzene rings is 1. The van der Waals surface area contributed by atoms with Gasteiger partial charge >= 0.3 is 6.03 Å². The van der Waals surface area contributed by atoms with Crippen LogP contribution >= 0.6 is 0 Å². The molecule has 11 heteroatoms. The number of alkyl halides is 1. The van der Waals surface area contributed by atoms with Crippen LogP contribution in [-0.2, 0) is 42.1 Å². The van der Waals surface area contributed by atoms with Crippen molar-refractivity contribution in [1.29, 1.82) is 0 Å². The molecule has 2 aliphatic carbocycles. The molecular weight excluding hydrogens is 416 g/mol. The maximum Gasteiger partial charge on any atom is 0.354 e. The molecule has 0 saturated carbocycles. The molecule has 0 radical (unpaired) electrons. The minimum atomic E-state index is -3.63. The Labute approximate surface area is 172 Å². The van der Waals surface area contributed by atoms with Gasteiger partial charge in [0, 0.05) is 18.5 Å². The Morgan fingerprint density at radius 2 is 2.07 bits per heavy atom. The molecule has 0 saturated heterocycles. The van der Waals surface area contributed by atoms with Crippen LogP contribution in [0.3, 0.4) is 0 Å². The van der Waals surface area contributed by atoms with E-state index in [1.165, 1.54) is 10.9 Å². The number of halogens is 2. The van der Waals surface area contributed by atoms with Crippen LogP contribution in [0.5, 0.6) is 5.88 Å². The lowest BCUT2D eigenvalue weighted by atomic mass is 9.98. The molecule has 1 aliphatic heterocycles. The highest BCUT2D eigenvalue weighted by Crippen LogP contribution is 2.41. The summed E-state index contributed by atoms with van der Waals surface area (Å²) < 4.78 is 52.6. The normalized spacial score (nSPS) is 23.3. The molecule has 1 aromatic heterocycles. The molecular formula is C19H21F2N5O3S. The summed E-state index contributed by atoms with van der Waals surface area (Å²) in [5.74, 6) is -0.132. The summed E-state index contributed by atoms with van der Waals surface area (Å²) in [5.41, 5.74) is 2.33. The quantitative estimate of drug-likeness (QED) is 0.752. The molecule has 2 aromatic rings. The SMILES string of the molecule is CC1Cn2ncc(S(N)(=O)=NC(=O)Nc3c4c(c(F)c5c3C[C@H](F)C5)CCC4)c2O1. The lowest BCUT2D eigenvalue weighted by Crippen LogP contribution is -2.19. The standard InChI is InChI=1S/C19H21F2N5O3S/c1-9-8-26-18(29-9)15(7-23-26)30(22,28)25-19(27)24-17-12-4-2-3-11(12)16(21)13-5-10(20)6-14(13)17/h7,9-10H,2-6,8H2,1H3,(H3,22,24,25,27,28)/t9?,10-,30?/m1/s1. The number of fused-ring (bicyclic) bond motifs is 3. The van der Waals surface area contributed by atoms with Crippen molar-refractivity contribution < 1.29 is 22.5 Å². The van der Waals surface area contributed by atoms with E-state index in [0.29, 0.717) is 47.3 Å². The molecule has 2 amide bonds. The molecule has 8 nitrogen and oxygen atoms in total. The molecule has 3 aliphatic rings. The molecule has 1 aromatic carbocycles. The molecule has 5 rings (SSSR count). The van der Waals surface area contributed by atoms with Gasteiger partial charge in [-0.05, 0) is 48.4 Å². The monoisotopic (exact) mass is 437 g/mol. The molecule has 2 heterocycles. The Balaban J connectivity index is 1.51. The fraction of sp³-hybridized carbons (Fsp3) is 0.474. The average molecular weight is 437 g/mol. The van der Waals surface area contributed by atoms with E-state index >= 15 is 0 Å². The number of rotatable bonds is 2. The van der Waals surface area contributed by atoms with Crippen LogP contribution in [-0.4, -0.2) is 32.3 Å². The summed E-state index contributed by atoms with van der Waals surface area (Å²) in [6.07, 6.45) is 1.80. The number of hydrogen-bond acceptors (Lipinski definition) is 4. The van der Waals surface area contributed by atoms with Crippen LogP contribution in [0, 0.1) is 5.82 Å². The van der Waals surface area contributed by atoms with Crippen molar-refractivity contribution in [2.24, 2.45) is 9.50 Å². The highest BCUT2D eigenvalue weighted by atomic mass is 32.2. The molecule has 0 spiro atoms. The largest absolute Gasteiger partial charge is 0.472 e. The van der Waals surface area contributed by atoms with E-state index in [-0.39, 0.29) is 35.5 Å². The van der Waals surface area contributed by atoms with E-state index < -0.39 is 22.1 Å². The van der Waals surface area contributed by atoms with E-state index in [4.69, 9.17) is 9.88 Å². The molecule has 30 heavy (non-hydrogen) atoms. The molecule has 160 valence electrons. The van der Waals surface area contributed by atoms with Crippen molar-refractivity contribution >= 4 is 21.6 Å². The summed E-state index contributed by atoms with van der Waals surface area (Å²) in [6.45, 7) is 2.31. The third kappa shape index (κ3) is 2.99. The highest BCUT2D eigenvalue weighted by Gasteiger charge is 2.34. The second-order valence-electron chi connectivity index (χ2n) is 7.98. The van der Waals surface area contributed by atoms with Gasteiger partial charge in [0.05, 0.1) is 12.7 Å². The number of nitrogens with two attached hydrogens (primary N) is 1. The highest BCUT2D eigenvalue weighted by molar-refractivity contribution is 7.91. The molecule has 0 fully saturated rings. The number of anilines is 1. The number of carbonyl (C=O) groups is 1. The average Bonchev–Trinajstić information content (AvgIpc) is 3.40. The molecule has 0 bridgehead atoms. The van der Waals surface area contributed by atoms with Crippen molar-refractivity contribution in [1.82, 2.24) is 9.78 Å². The summed E-state index contributed by atoms with van der Waals surface area (Å²) in [4.78, 5) is 12.7. The number of nitrogens with zero attached hydrogens (tertiary/aromatic N) is 3. The molecule has 2 unspecified atom stereocenters. The Kier molecular flexibility index (Phi) is 4.37. The van der Waals surface area contributed by atoms with Crippen LogP contribution in [0.4, 0.5) is 19.3 Å². The Morgan fingerprint density at radius 1 is 1.33 bits per heavy atom. The van der Waals surface area contributed by atoms with E-state index in [1.807, 2.05) is 6.92 Å². The van der Waals surface area contributed by atoms with Crippen molar-refractivity contribution in [2.75, 3.05) is 5.32 Å². The van der Waals surface area contributed by atoms with Gasteiger partial charge in [-0.2, -0.15) is 5.10 Å². The summed E-state index contributed by atoms with van der Waals surface area (Å²) in [5, 5.41) is 12.6.